The molecule has 6 aliphatic rings. The third-order valence-electron chi connectivity index (χ3n) is 12.3. The van der Waals surface area contributed by atoms with Crippen molar-refractivity contribution in [1.29, 1.82) is 0 Å². The third kappa shape index (κ3) is 4.53. The van der Waals surface area contributed by atoms with Gasteiger partial charge in [-0.2, -0.15) is 0 Å². The van der Waals surface area contributed by atoms with Crippen LogP contribution in [0.15, 0.2) is 11.6 Å². The molecule has 44 heavy (non-hydrogen) atoms. The van der Waals surface area contributed by atoms with Gasteiger partial charge in [-0.15, -0.1) is 0 Å². The van der Waals surface area contributed by atoms with Gasteiger partial charge in [0.25, 0.3) is 0 Å². The molecule has 2 aliphatic heterocycles. The number of aldehydes is 1. The predicted molar refractivity (Wildman–Crippen MR) is 147 cm³/mol. The van der Waals surface area contributed by atoms with Crippen molar-refractivity contribution in [3.05, 3.63) is 11.6 Å². The lowest BCUT2D eigenvalue weighted by molar-refractivity contribution is -0.322. The van der Waals surface area contributed by atoms with Gasteiger partial charge < -0.3 is 54.4 Å². The number of esters is 2. The summed E-state index contributed by atoms with van der Waals surface area (Å²) in [7, 11) is 0. The van der Waals surface area contributed by atoms with Crippen molar-refractivity contribution >= 4 is 18.2 Å². The molecule has 0 aromatic rings. The Morgan fingerprint density at radius 3 is 2.41 bits per heavy atom. The van der Waals surface area contributed by atoms with Crippen molar-refractivity contribution in [2.45, 2.75) is 119 Å². The fraction of sp³-hybridized carbons (Fsp3) is 0.839. The van der Waals surface area contributed by atoms with Crippen molar-refractivity contribution < 1.29 is 64.0 Å². The van der Waals surface area contributed by atoms with Crippen LogP contribution in [-0.2, 0) is 33.3 Å². The molecule has 6 rings (SSSR count). The molecule has 0 unspecified atom stereocenters. The quantitative estimate of drug-likeness (QED) is 0.122. The summed E-state index contributed by atoms with van der Waals surface area (Å²) in [5.41, 5.74) is -4.13. The molecule has 6 N–H and O–H groups in total. The number of hydrogen-bond donors (Lipinski definition) is 6. The van der Waals surface area contributed by atoms with Crippen LogP contribution in [0.3, 0.4) is 0 Å². The molecule has 13 nitrogen and oxygen atoms in total. The number of hydrogen-bond acceptors (Lipinski definition) is 13. The van der Waals surface area contributed by atoms with Crippen LogP contribution in [0, 0.1) is 28.6 Å². The van der Waals surface area contributed by atoms with Gasteiger partial charge in [0.2, 0.25) is 0 Å². The lowest BCUT2D eigenvalue weighted by Crippen LogP contribution is -2.69. The van der Waals surface area contributed by atoms with Gasteiger partial charge in [0.05, 0.1) is 29.3 Å². The Balaban J connectivity index is 1.26. The fourth-order valence-electron chi connectivity index (χ4n) is 10.2. The van der Waals surface area contributed by atoms with Crippen molar-refractivity contribution in [3.63, 3.8) is 0 Å². The zero-order chi connectivity index (χ0) is 31.8. The molecular formula is C31H44O13. The summed E-state index contributed by atoms with van der Waals surface area (Å²) in [4.78, 5) is 37.3. The summed E-state index contributed by atoms with van der Waals surface area (Å²) in [5.74, 6) is -2.18. The summed E-state index contributed by atoms with van der Waals surface area (Å²) in [6, 6.07) is 0. The first-order valence-corrected chi connectivity index (χ1v) is 15.6. The number of aliphatic hydroxyl groups excluding tert-OH is 4. The SMILES string of the molecule is CC(=O)O[C@H]1C[C@]2(O)[C@@H]3CC[C@]4(O)C[C@@H](O[C@@H]5O[C@H](CO)[C@@H](O)[C@H](O)[C@@H]5O)CC[C@]4(C=O)[C@H]3CC[C@]2(C)[C@H]1C1=CC(=O)OC1. The number of carbonyl (C=O) groups excluding carboxylic acids is 3. The molecule has 0 aromatic heterocycles. The molecule has 246 valence electrons. The Bertz CT molecular complexity index is 1200. The lowest BCUT2D eigenvalue weighted by atomic mass is 9.41. The van der Waals surface area contributed by atoms with E-state index in [1.54, 1.807) is 0 Å². The first-order chi connectivity index (χ1) is 20.7. The third-order valence-corrected chi connectivity index (χ3v) is 12.3. The van der Waals surface area contributed by atoms with Gasteiger partial charge in [0.1, 0.15) is 43.4 Å². The topological polar surface area (TPSA) is 210 Å². The van der Waals surface area contributed by atoms with E-state index in [0.29, 0.717) is 31.3 Å². The van der Waals surface area contributed by atoms with Gasteiger partial charge in [0, 0.05) is 37.2 Å². The van der Waals surface area contributed by atoms with E-state index in [9.17, 15) is 45.0 Å². The predicted octanol–water partition coefficient (Wildman–Crippen LogP) is -0.736. The van der Waals surface area contributed by atoms with Crippen molar-refractivity contribution in [2.24, 2.45) is 28.6 Å². The summed E-state index contributed by atoms with van der Waals surface area (Å²) in [5, 5.41) is 65.1. The second-order valence-corrected chi connectivity index (χ2v) is 14.2. The van der Waals surface area contributed by atoms with Crippen LogP contribution in [0.5, 0.6) is 0 Å². The van der Waals surface area contributed by atoms with Crippen LogP contribution < -0.4 is 0 Å². The number of ether oxygens (including phenoxy) is 4. The molecule has 1 saturated heterocycles. The van der Waals surface area contributed by atoms with Gasteiger partial charge in [-0.3, -0.25) is 4.79 Å². The van der Waals surface area contributed by atoms with E-state index in [4.69, 9.17) is 18.9 Å². The molecule has 0 radical (unpaired) electrons. The van der Waals surface area contributed by atoms with E-state index in [1.807, 2.05) is 6.92 Å². The molecule has 14 atom stereocenters. The smallest absolute Gasteiger partial charge is 0.331 e. The first-order valence-electron chi connectivity index (χ1n) is 15.6. The number of aliphatic hydroxyl groups is 6. The van der Waals surface area contributed by atoms with Crippen LogP contribution >= 0.6 is 0 Å². The second-order valence-electron chi connectivity index (χ2n) is 14.2. The molecule has 0 spiro atoms. The average Bonchev–Trinajstić information content (AvgIpc) is 3.49. The Morgan fingerprint density at radius 2 is 1.77 bits per heavy atom. The van der Waals surface area contributed by atoms with E-state index in [2.05, 4.69) is 0 Å². The monoisotopic (exact) mass is 624 g/mol. The molecule has 2 heterocycles. The lowest BCUT2D eigenvalue weighted by Gasteiger charge is -2.65. The Morgan fingerprint density at radius 1 is 1.05 bits per heavy atom. The minimum atomic E-state index is -1.60. The molecule has 5 fully saturated rings. The zero-order valence-electron chi connectivity index (χ0n) is 25.0. The number of fused-ring (bicyclic) bond motifs is 5. The van der Waals surface area contributed by atoms with Crippen LogP contribution in [0.25, 0.3) is 0 Å². The average molecular weight is 625 g/mol. The molecular weight excluding hydrogens is 580 g/mol. The zero-order valence-corrected chi connectivity index (χ0v) is 25.0. The summed E-state index contributed by atoms with van der Waals surface area (Å²) >= 11 is 0. The minimum absolute atomic E-state index is 0.0463. The van der Waals surface area contributed by atoms with Crippen LogP contribution in [0.1, 0.15) is 65.2 Å². The van der Waals surface area contributed by atoms with Gasteiger partial charge in [-0.05, 0) is 55.9 Å². The standard InChI is InChI=1S/C31H44O13/c1-15(34)42-20-11-31(40)19-5-8-30(39)10-17(43-27-26(38)25(37)24(36)21(12-32)44-27)3-7-29(30,14-33)18(19)4-6-28(31,2)23(20)16-9-22(35)41-13-16/h9,14,17-21,23-27,32,36-40H,3-8,10-13H2,1-2H3/t17-,18-,19+,20-,21+,23-,24+,25-,26-,27+,28+,29-,30-,31-/m0/s1. The second kappa shape index (κ2) is 11.1. The van der Waals surface area contributed by atoms with E-state index < -0.39 is 95.3 Å². The normalized spacial score (nSPS) is 51.8. The van der Waals surface area contributed by atoms with Gasteiger partial charge >= 0.3 is 11.9 Å². The number of carbonyl (C=O) groups is 3. The number of rotatable bonds is 6. The maximum Gasteiger partial charge on any atom is 0.331 e. The van der Waals surface area contributed by atoms with Crippen LogP contribution in [0.4, 0.5) is 0 Å². The molecule has 4 saturated carbocycles. The summed E-state index contributed by atoms with van der Waals surface area (Å²) < 4.78 is 22.5. The highest BCUT2D eigenvalue weighted by Gasteiger charge is 2.74. The molecule has 0 bridgehead atoms. The highest BCUT2D eigenvalue weighted by Crippen LogP contribution is 2.70. The van der Waals surface area contributed by atoms with Gasteiger partial charge in [0.15, 0.2) is 6.29 Å². The highest BCUT2D eigenvalue weighted by molar-refractivity contribution is 5.85. The molecule has 13 heteroatoms. The number of cyclic esters (lactones) is 1. The Kier molecular flexibility index (Phi) is 8.06. The van der Waals surface area contributed by atoms with E-state index >= 15 is 0 Å². The molecule has 0 aromatic carbocycles. The highest BCUT2D eigenvalue weighted by atomic mass is 16.7. The maximum atomic E-state index is 13.1. The van der Waals surface area contributed by atoms with E-state index in [1.165, 1.54) is 13.0 Å². The van der Waals surface area contributed by atoms with E-state index in [-0.39, 0.29) is 38.2 Å². The van der Waals surface area contributed by atoms with Crippen molar-refractivity contribution in [2.75, 3.05) is 13.2 Å². The summed E-state index contributed by atoms with van der Waals surface area (Å²) in [6.45, 7) is 2.74. The maximum absolute atomic E-state index is 13.1. The largest absolute Gasteiger partial charge is 0.462 e. The summed E-state index contributed by atoms with van der Waals surface area (Å²) in [6.07, 6.45) is -3.97. The van der Waals surface area contributed by atoms with Crippen molar-refractivity contribution in [3.8, 4) is 0 Å². The van der Waals surface area contributed by atoms with Crippen LogP contribution in [-0.4, -0.2) is 116 Å². The van der Waals surface area contributed by atoms with Crippen LogP contribution in [0.2, 0.25) is 0 Å². The molecule has 0 amide bonds. The fourth-order valence-corrected chi connectivity index (χ4v) is 10.2. The Hall–Kier alpha value is -1.97. The minimum Gasteiger partial charge on any atom is -0.462 e. The van der Waals surface area contributed by atoms with Crippen molar-refractivity contribution in [1.82, 2.24) is 0 Å². The Labute approximate surface area is 255 Å². The first kappa shape index (κ1) is 32.0. The van der Waals surface area contributed by atoms with E-state index in [0.717, 1.165) is 6.29 Å². The van der Waals surface area contributed by atoms with Gasteiger partial charge in [-0.25, -0.2) is 4.79 Å². The molecule has 4 aliphatic carbocycles. The van der Waals surface area contributed by atoms with Gasteiger partial charge in [-0.1, -0.05) is 6.92 Å².